The number of benzene rings is 2. The maximum Gasteiger partial charge on any atom is 0.163 e. The van der Waals surface area contributed by atoms with Crippen molar-refractivity contribution in [1.29, 1.82) is 0 Å². The molecule has 0 heterocycles. The van der Waals surface area contributed by atoms with Gasteiger partial charge < -0.3 is 5.11 Å². The fourth-order valence-electron chi connectivity index (χ4n) is 1.82. The van der Waals surface area contributed by atoms with Gasteiger partial charge in [0.1, 0.15) is 5.75 Å². The van der Waals surface area contributed by atoms with Gasteiger partial charge in [0.15, 0.2) is 11.6 Å². The number of hydrogen-bond donors (Lipinski definition) is 1. The first-order valence-electron chi connectivity index (χ1n) is 6.89. The summed E-state index contributed by atoms with van der Waals surface area (Å²) in [6.45, 7) is 0. The van der Waals surface area contributed by atoms with Gasteiger partial charge in [0.05, 0.1) is 6.42 Å². The van der Waals surface area contributed by atoms with Crippen LogP contribution in [0.1, 0.15) is 17.5 Å². The van der Waals surface area contributed by atoms with Gasteiger partial charge in [-0.15, -0.1) is 0 Å². The quantitative estimate of drug-likeness (QED) is 0.653. The average Bonchev–Trinajstić information content (AvgIpc) is 2.53. The fourth-order valence-corrected chi connectivity index (χ4v) is 1.82. The summed E-state index contributed by atoms with van der Waals surface area (Å²) < 4.78 is 0. The summed E-state index contributed by atoms with van der Waals surface area (Å²) in [5.74, 6) is -0.315. The predicted octanol–water partition coefficient (Wildman–Crippen LogP) is 3.65. The first-order chi connectivity index (χ1) is 10.6. The highest BCUT2D eigenvalue weighted by Gasteiger charge is 2.03. The number of aromatic hydroxyl groups is 1. The molecule has 1 N–H and O–H groups in total. The Balaban J connectivity index is 1.87. The number of hydrogen-bond acceptors (Lipinski definition) is 3. The lowest BCUT2D eigenvalue weighted by molar-refractivity contribution is -0.121. The number of carbonyl (C=O) groups is 2. The highest BCUT2D eigenvalue weighted by Crippen LogP contribution is 2.11. The first kappa shape index (κ1) is 15.4. The van der Waals surface area contributed by atoms with E-state index in [1.54, 1.807) is 24.3 Å². The molecule has 0 atom stereocenters. The van der Waals surface area contributed by atoms with Crippen LogP contribution in [0.5, 0.6) is 5.75 Å². The zero-order chi connectivity index (χ0) is 15.8. The Morgan fingerprint density at radius 3 is 1.82 bits per heavy atom. The van der Waals surface area contributed by atoms with Gasteiger partial charge in [-0.1, -0.05) is 54.6 Å². The minimum atomic E-state index is -0.254. The maximum atomic E-state index is 11.7. The molecule has 0 bridgehead atoms. The van der Waals surface area contributed by atoms with Gasteiger partial charge in [-0.3, -0.25) is 9.59 Å². The van der Waals surface area contributed by atoms with E-state index in [2.05, 4.69) is 0 Å². The van der Waals surface area contributed by atoms with Crippen LogP contribution in [0.15, 0.2) is 66.7 Å². The van der Waals surface area contributed by atoms with Crippen molar-refractivity contribution in [3.63, 3.8) is 0 Å². The molecule has 0 unspecified atom stereocenters. The topological polar surface area (TPSA) is 54.4 Å². The van der Waals surface area contributed by atoms with Crippen molar-refractivity contribution in [3.8, 4) is 5.75 Å². The zero-order valence-electron chi connectivity index (χ0n) is 12.0. The second kappa shape index (κ2) is 7.74. The molecule has 22 heavy (non-hydrogen) atoms. The predicted molar refractivity (Wildman–Crippen MR) is 87.2 cm³/mol. The molecule has 0 aliphatic heterocycles. The van der Waals surface area contributed by atoms with E-state index < -0.39 is 0 Å². The summed E-state index contributed by atoms with van der Waals surface area (Å²) in [6, 6.07) is 15.9. The molecule has 0 aliphatic rings. The Labute approximate surface area is 129 Å². The third-order valence-corrected chi connectivity index (χ3v) is 2.96. The Morgan fingerprint density at radius 1 is 0.773 bits per heavy atom. The molecule has 3 heteroatoms. The summed E-state index contributed by atoms with van der Waals surface area (Å²) in [6.07, 6.45) is 5.95. The normalized spacial score (nSPS) is 11.1. The van der Waals surface area contributed by atoms with Gasteiger partial charge in [0.2, 0.25) is 0 Å². The lowest BCUT2D eigenvalue weighted by atomic mass is 10.1. The van der Waals surface area contributed by atoms with E-state index in [4.69, 9.17) is 5.11 Å². The van der Waals surface area contributed by atoms with Crippen LogP contribution in [-0.4, -0.2) is 16.7 Å². The molecular weight excluding hydrogens is 276 g/mol. The molecule has 0 saturated heterocycles. The Bertz CT molecular complexity index is 695. The fraction of sp³-hybridized carbons (Fsp3) is 0.0526. The minimum absolute atomic E-state index is 0.155. The van der Waals surface area contributed by atoms with Crippen molar-refractivity contribution in [2.45, 2.75) is 6.42 Å². The van der Waals surface area contributed by atoms with E-state index in [0.717, 1.165) is 11.1 Å². The van der Waals surface area contributed by atoms with Crippen molar-refractivity contribution >= 4 is 23.7 Å². The summed E-state index contributed by atoms with van der Waals surface area (Å²) in [5, 5.41) is 9.16. The Morgan fingerprint density at radius 2 is 1.27 bits per heavy atom. The zero-order valence-corrected chi connectivity index (χ0v) is 12.0. The molecule has 0 amide bonds. The molecule has 0 radical (unpaired) electrons. The lowest BCUT2D eigenvalue weighted by Crippen LogP contribution is -2.01. The number of allylic oxidation sites excluding steroid dienone is 2. The Kier molecular flexibility index (Phi) is 5.44. The van der Waals surface area contributed by atoms with E-state index in [0.29, 0.717) is 0 Å². The van der Waals surface area contributed by atoms with Gasteiger partial charge in [-0.2, -0.15) is 0 Å². The van der Waals surface area contributed by atoms with Gasteiger partial charge in [-0.05, 0) is 35.4 Å². The molecule has 0 saturated carbocycles. The van der Waals surface area contributed by atoms with Crippen LogP contribution < -0.4 is 0 Å². The van der Waals surface area contributed by atoms with Gasteiger partial charge in [0.25, 0.3) is 0 Å². The third kappa shape index (κ3) is 5.21. The van der Waals surface area contributed by atoms with Crippen LogP contribution >= 0.6 is 0 Å². The maximum absolute atomic E-state index is 11.7. The van der Waals surface area contributed by atoms with E-state index in [9.17, 15) is 9.59 Å². The van der Waals surface area contributed by atoms with Crippen LogP contribution in [0, 0.1) is 0 Å². The standard InChI is InChI=1S/C19H16O3/c20-17-10-6-16(7-11-17)9-13-19(22)14-18(21)12-8-15-4-2-1-3-5-15/h1-13,20H,14H2/b12-8?,13-9+. The molecule has 0 aromatic heterocycles. The summed E-state index contributed by atoms with van der Waals surface area (Å²) in [7, 11) is 0. The molecular formula is C19H16O3. The monoisotopic (exact) mass is 292 g/mol. The molecule has 0 fully saturated rings. The molecule has 0 spiro atoms. The molecule has 110 valence electrons. The molecule has 2 aromatic rings. The van der Waals surface area contributed by atoms with Crippen LogP contribution in [0.2, 0.25) is 0 Å². The lowest BCUT2D eigenvalue weighted by Gasteiger charge is -1.95. The number of rotatable bonds is 6. The Hall–Kier alpha value is -2.94. The SMILES string of the molecule is O=C(C=Cc1ccccc1)CC(=O)/C=C/c1ccc(O)cc1. The van der Waals surface area contributed by atoms with E-state index in [1.807, 2.05) is 30.3 Å². The van der Waals surface area contributed by atoms with Crippen molar-refractivity contribution in [2.24, 2.45) is 0 Å². The van der Waals surface area contributed by atoms with Crippen molar-refractivity contribution in [3.05, 3.63) is 77.9 Å². The highest BCUT2D eigenvalue weighted by atomic mass is 16.3. The van der Waals surface area contributed by atoms with Gasteiger partial charge >= 0.3 is 0 Å². The molecule has 2 rings (SSSR count). The average molecular weight is 292 g/mol. The molecule has 3 nitrogen and oxygen atoms in total. The number of phenolic OH excluding ortho intramolecular Hbond substituents is 1. The summed E-state index contributed by atoms with van der Waals surface area (Å²) in [4.78, 5) is 23.4. The second-order valence-electron chi connectivity index (χ2n) is 4.78. The number of ketones is 2. The van der Waals surface area contributed by atoms with Gasteiger partial charge in [0, 0.05) is 0 Å². The smallest absolute Gasteiger partial charge is 0.163 e. The van der Waals surface area contributed by atoms with Crippen molar-refractivity contribution in [2.75, 3.05) is 0 Å². The molecule has 2 aromatic carbocycles. The van der Waals surface area contributed by atoms with Crippen molar-refractivity contribution in [1.82, 2.24) is 0 Å². The van der Waals surface area contributed by atoms with Crippen LogP contribution in [0.3, 0.4) is 0 Å². The van der Waals surface area contributed by atoms with Crippen molar-refractivity contribution < 1.29 is 14.7 Å². The van der Waals surface area contributed by atoms with Crippen LogP contribution in [-0.2, 0) is 9.59 Å². The summed E-state index contributed by atoms with van der Waals surface area (Å²) in [5.41, 5.74) is 1.71. The van der Waals surface area contributed by atoms with E-state index in [1.165, 1.54) is 24.3 Å². The second-order valence-corrected chi connectivity index (χ2v) is 4.78. The highest BCUT2D eigenvalue weighted by molar-refractivity contribution is 6.10. The van der Waals surface area contributed by atoms with E-state index in [-0.39, 0.29) is 23.7 Å². The van der Waals surface area contributed by atoms with E-state index >= 15 is 0 Å². The number of carbonyl (C=O) groups excluding carboxylic acids is 2. The largest absolute Gasteiger partial charge is 0.508 e. The third-order valence-electron chi connectivity index (χ3n) is 2.96. The molecule has 0 aliphatic carbocycles. The van der Waals surface area contributed by atoms with Crippen LogP contribution in [0.4, 0.5) is 0 Å². The number of phenols is 1. The van der Waals surface area contributed by atoms with Crippen LogP contribution in [0.25, 0.3) is 12.2 Å². The van der Waals surface area contributed by atoms with Gasteiger partial charge in [-0.25, -0.2) is 0 Å². The first-order valence-corrected chi connectivity index (χ1v) is 6.89. The summed E-state index contributed by atoms with van der Waals surface area (Å²) >= 11 is 0. The minimum Gasteiger partial charge on any atom is -0.508 e.